The number of carboxylic acids is 1. The molecule has 0 aliphatic carbocycles. The molecule has 1 atom stereocenters. The molecule has 1 N–H and O–H groups in total. The van der Waals surface area contributed by atoms with E-state index in [1.165, 1.54) is 0 Å². The number of amides is 2. The monoisotopic (exact) mass is 214 g/mol. The fourth-order valence-corrected chi connectivity index (χ4v) is 1.87. The molecular formula is C10H18N2O3. The van der Waals surface area contributed by atoms with Crippen molar-refractivity contribution in [3.8, 4) is 0 Å². The predicted octanol–water partition coefficient (Wildman–Crippen LogP) is 0.997. The highest BCUT2D eigenvalue weighted by Gasteiger charge is 2.28. The van der Waals surface area contributed by atoms with Gasteiger partial charge in [-0.15, -0.1) is 0 Å². The number of rotatable bonds is 4. The molecule has 0 aromatic heterocycles. The van der Waals surface area contributed by atoms with Crippen LogP contribution in [0, 0.1) is 0 Å². The fraction of sp³-hybridized carbons (Fsp3) is 0.800. The summed E-state index contributed by atoms with van der Waals surface area (Å²) in [4.78, 5) is 25.8. The highest BCUT2D eigenvalue weighted by atomic mass is 16.4. The van der Waals surface area contributed by atoms with Crippen LogP contribution in [0.5, 0.6) is 0 Å². The van der Waals surface area contributed by atoms with Crippen LogP contribution in [-0.4, -0.2) is 52.6 Å². The Balaban J connectivity index is 2.60. The van der Waals surface area contributed by atoms with E-state index in [9.17, 15) is 9.59 Å². The van der Waals surface area contributed by atoms with Crippen LogP contribution in [0.4, 0.5) is 4.79 Å². The number of carbonyl (C=O) groups excluding carboxylic acids is 1. The zero-order valence-electron chi connectivity index (χ0n) is 9.27. The van der Waals surface area contributed by atoms with Crippen LogP contribution >= 0.6 is 0 Å². The van der Waals surface area contributed by atoms with Crippen molar-refractivity contribution in [3.63, 3.8) is 0 Å². The van der Waals surface area contributed by atoms with Crippen LogP contribution in [0.15, 0.2) is 0 Å². The number of urea groups is 1. The summed E-state index contributed by atoms with van der Waals surface area (Å²) in [5, 5.41) is 8.67. The Labute approximate surface area is 89.7 Å². The largest absolute Gasteiger partial charge is 0.481 e. The normalized spacial score (nSPS) is 19.2. The first-order valence-corrected chi connectivity index (χ1v) is 5.33. The highest BCUT2D eigenvalue weighted by molar-refractivity contribution is 5.76. The third-order valence-electron chi connectivity index (χ3n) is 2.73. The minimum Gasteiger partial charge on any atom is -0.481 e. The van der Waals surface area contributed by atoms with Gasteiger partial charge in [0.15, 0.2) is 0 Å². The van der Waals surface area contributed by atoms with Crippen LogP contribution in [0.25, 0.3) is 0 Å². The van der Waals surface area contributed by atoms with Gasteiger partial charge in [0.25, 0.3) is 0 Å². The molecule has 0 bridgehead atoms. The molecule has 0 spiro atoms. The first-order valence-electron chi connectivity index (χ1n) is 5.33. The van der Waals surface area contributed by atoms with Gasteiger partial charge in [-0.25, -0.2) is 4.79 Å². The molecule has 86 valence electrons. The SMILES string of the molecule is CCN1CCCN(C(C)CC(=O)O)C1=O. The number of carboxylic acid groups (broad SMARTS) is 1. The molecule has 2 amide bonds. The summed E-state index contributed by atoms with van der Waals surface area (Å²) in [5.74, 6) is -0.857. The molecule has 1 rings (SSSR count). The zero-order valence-corrected chi connectivity index (χ0v) is 9.27. The van der Waals surface area contributed by atoms with Crippen molar-refractivity contribution in [2.45, 2.75) is 32.7 Å². The number of carbonyl (C=O) groups is 2. The van der Waals surface area contributed by atoms with E-state index in [1.807, 2.05) is 6.92 Å². The molecule has 15 heavy (non-hydrogen) atoms. The lowest BCUT2D eigenvalue weighted by atomic mass is 10.1. The van der Waals surface area contributed by atoms with Crippen LogP contribution in [-0.2, 0) is 4.79 Å². The van der Waals surface area contributed by atoms with Gasteiger partial charge in [0.2, 0.25) is 0 Å². The third-order valence-corrected chi connectivity index (χ3v) is 2.73. The smallest absolute Gasteiger partial charge is 0.320 e. The van der Waals surface area contributed by atoms with E-state index in [0.717, 1.165) is 13.0 Å². The van der Waals surface area contributed by atoms with Gasteiger partial charge in [-0.05, 0) is 20.3 Å². The van der Waals surface area contributed by atoms with Gasteiger partial charge in [-0.2, -0.15) is 0 Å². The van der Waals surface area contributed by atoms with E-state index in [1.54, 1.807) is 16.7 Å². The van der Waals surface area contributed by atoms with Crippen LogP contribution in [0.3, 0.4) is 0 Å². The Bertz CT molecular complexity index is 255. The van der Waals surface area contributed by atoms with Gasteiger partial charge in [-0.1, -0.05) is 0 Å². The molecule has 1 unspecified atom stereocenters. The van der Waals surface area contributed by atoms with Gasteiger partial charge in [-0.3, -0.25) is 4.79 Å². The Morgan fingerprint density at radius 2 is 2.20 bits per heavy atom. The molecule has 5 heteroatoms. The molecule has 0 aromatic carbocycles. The second-order valence-electron chi connectivity index (χ2n) is 3.86. The maximum atomic E-state index is 11.8. The van der Waals surface area contributed by atoms with E-state index in [-0.39, 0.29) is 18.5 Å². The lowest BCUT2D eigenvalue weighted by Gasteiger charge is -2.38. The summed E-state index contributed by atoms with van der Waals surface area (Å²) in [7, 11) is 0. The van der Waals surface area contributed by atoms with Crippen molar-refractivity contribution < 1.29 is 14.7 Å². The van der Waals surface area contributed by atoms with Crippen molar-refractivity contribution in [3.05, 3.63) is 0 Å². The average molecular weight is 214 g/mol. The summed E-state index contributed by atoms with van der Waals surface area (Å²) >= 11 is 0. The molecule has 1 heterocycles. The van der Waals surface area contributed by atoms with Crippen LogP contribution < -0.4 is 0 Å². The molecule has 0 aromatic rings. The summed E-state index contributed by atoms with van der Waals surface area (Å²) in [6.07, 6.45) is 0.937. The topological polar surface area (TPSA) is 60.9 Å². The first kappa shape index (κ1) is 11.8. The zero-order chi connectivity index (χ0) is 11.4. The first-order chi connectivity index (χ1) is 7.06. The predicted molar refractivity (Wildman–Crippen MR) is 55.7 cm³/mol. The van der Waals surface area contributed by atoms with E-state index in [2.05, 4.69) is 0 Å². The highest BCUT2D eigenvalue weighted by Crippen LogP contribution is 2.14. The molecule has 1 saturated heterocycles. The second-order valence-corrected chi connectivity index (χ2v) is 3.86. The van der Waals surface area contributed by atoms with E-state index < -0.39 is 5.97 Å². The molecule has 5 nitrogen and oxygen atoms in total. The second kappa shape index (κ2) is 5.00. The lowest BCUT2D eigenvalue weighted by molar-refractivity contribution is -0.138. The van der Waals surface area contributed by atoms with Crippen molar-refractivity contribution >= 4 is 12.0 Å². The van der Waals surface area contributed by atoms with Gasteiger partial charge in [0.05, 0.1) is 6.42 Å². The van der Waals surface area contributed by atoms with E-state index in [4.69, 9.17) is 5.11 Å². The molecule has 0 saturated carbocycles. The quantitative estimate of drug-likeness (QED) is 0.759. The fourth-order valence-electron chi connectivity index (χ4n) is 1.87. The third kappa shape index (κ3) is 2.84. The van der Waals surface area contributed by atoms with Gasteiger partial charge in [0.1, 0.15) is 0 Å². The van der Waals surface area contributed by atoms with Crippen molar-refractivity contribution in [1.29, 1.82) is 0 Å². The van der Waals surface area contributed by atoms with Gasteiger partial charge < -0.3 is 14.9 Å². The number of hydrogen-bond acceptors (Lipinski definition) is 2. The molecule has 1 aliphatic rings. The Morgan fingerprint density at radius 1 is 1.53 bits per heavy atom. The summed E-state index contributed by atoms with van der Waals surface area (Å²) < 4.78 is 0. The standard InChI is InChI=1S/C10H18N2O3/c1-3-11-5-4-6-12(10(11)15)8(2)7-9(13)14/h8H,3-7H2,1-2H3,(H,13,14). The van der Waals surface area contributed by atoms with Crippen molar-refractivity contribution in [2.75, 3.05) is 19.6 Å². The van der Waals surface area contributed by atoms with Gasteiger partial charge >= 0.3 is 12.0 Å². The minimum atomic E-state index is -0.857. The Hall–Kier alpha value is -1.26. The minimum absolute atomic E-state index is 0.0172. The molecule has 1 aliphatic heterocycles. The van der Waals surface area contributed by atoms with Crippen molar-refractivity contribution in [1.82, 2.24) is 9.80 Å². The summed E-state index contributed by atoms with van der Waals surface area (Å²) in [6, 6.07) is -0.248. The van der Waals surface area contributed by atoms with E-state index >= 15 is 0 Å². The van der Waals surface area contributed by atoms with Gasteiger partial charge in [0, 0.05) is 25.7 Å². The molecule has 0 radical (unpaired) electrons. The average Bonchev–Trinajstić information content (AvgIpc) is 2.17. The van der Waals surface area contributed by atoms with Crippen LogP contribution in [0.1, 0.15) is 26.7 Å². The Kier molecular flexibility index (Phi) is 3.94. The Morgan fingerprint density at radius 3 is 2.73 bits per heavy atom. The van der Waals surface area contributed by atoms with Crippen molar-refractivity contribution in [2.24, 2.45) is 0 Å². The number of nitrogens with zero attached hydrogens (tertiary/aromatic N) is 2. The maximum Gasteiger partial charge on any atom is 0.320 e. The van der Waals surface area contributed by atoms with E-state index in [0.29, 0.717) is 13.1 Å². The molecular weight excluding hydrogens is 196 g/mol. The summed E-state index contributed by atoms with van der Waals surface area (Å²) in [5.41, 5.74) is 0. The number of aliphatic carboxylic acids is 1. The number of hydrogen-bond donors (Lipinski definition) is 1. The van der Waals surface area contributed by atoms with Crippen LogP contribution in [0.2, 0.25) is 0 Å². The molecule has 1 fully saturated rings. The lowest BCUT2D eigenvalue weighted by Crippen LogP contribution is -2.52. The maximum absolute atomic E-state index is 11.8. The summed E-state index contributed by atoms with van der Waals surface area (Å²) in [6.45, 7) is 5.86.